The Morgan fingerprint density at radius 1 is 0.436 bits per heavy atom. The maximum Gasteiger partial charge on any atom is 0.0773 e. The van der Waals surface area contributed by atoms with Crippen molar-refractivity contribution in [1.29, 1.82) is 0 Å². The standard InChI is InChI=1S/C38H46O/c1-25(39)35-33(27-13-19-31(20-14-27)37(5,6)7)23-29(26-11-17-30(18-12-26)36(2,3)4)24-34(35)28-15-21-32(22-16-28)38(8,9)10/h11-25,39H,1-10H3/t25-/m0/s1. The van der Waals surface area contributed by atoms with E-state index in [-0.39, 0.29) is 16.2 Å². The Morgan fingerprint density at radius 3 is 0.974 bits per heavy atom. The molecule has 0 saturated heterocycles. The molecule has 1 atom stereocenters. The summed E-state index contributed by atoms with van der Waals surface area (Å²) >= 11 is 0. The van der Waals surface area contributed by atoms with Gasteiger partial charge in [-0.05, 0) is 90.9 Å². The number of aliphatic hydroxyl groups excluding tert-OH is 1. The molecule has 0 aliphatic carbocycles. The van der Waals surface area contributed by atoms with Gasteiger partial charge in [0.2, 0.25) is 0 Å². The van der Waals surface area contributed by atoms with Crippen LogP contribution in [0.5, 0.6) is 0 Å². The van der Waals surface area contributed by atoms with Gasteiger partial charge in [0.05, 0.1) is 6.10 Å². The maximum atomic E-state index is 11.2. The number of rotatable bonds is 4. The zero-order valence-corrected chi connectivity index (χ0v) is 25.6. The molecule has 204 valence electrons. The third-order valence-electron chi connectivity index (χ3n) is 7.81. The lowest BCUT2D eigenvalue weighted by molar-refractivity contribution is 0.200. The molecule has 0 spiro atoms. The van der Waals surface area contributed by atoms with E-state index in [2.05, 4.69) is 147 Å². The molecule has 0 heterocycles. The summed E-state index contributed by atoms with van der Waals surface area (Å²) in [6.45, 7) is 22.1. The molecule has 0 radical (unpaired) electrons. The van der Waals surface area contributed by atoms with Crippen LogP contribution >= 0.6 is 0 Å². The quantitative estimate of drug-likeness (QED) is 0.285. The number of hydrogen-bond donors (Lipinski definition) is 1. The van der Waals surface area contributed by atoms with Crippen LogP contribution in [-0.4, -0.2) is 5.11 Å². The third-order valence-corrected chi connectivity index (χ3v) is 7.81. The van der Waals surface area contributed by atoms with Gasteiger partial charge < -0.3 is 5.11 Å². The molecule has 0 amide bonds. The Kier molecular flexibility index (Phi) is 7.71. The summed E-state index contributed by atoms with van der Waals surface area (Å²) in [6, 6.07) is 31.2. The summed E-state index contributed by atoms with van der Waals surface area (Å²) in [5, 5.41) is 11.2. The molecule has 0 bridgehead atoms. The van der Waals surface area contributed by atoms with Crippen LogP contribution in [0.2, 0.25) is 0 Å². The molecule has 0 aromatic heterocycles. The predicted octanol–water partition coefficient (Wildman–Crippen LogP) is 10.6. The van der Waals surface area contributed by atoms with Crippen LogP contribution in [-0.2, 0) is 16.2 Å². The first-order chi connectivity index (χ1) is 18.1. The van der Waals surface area contributed by atoms with Crippen molar-refractivity contribution in [3.63, 3.8) is 0 Å². The molecule has 0 aliphatic heterocycles. The highest BCUT2D eigenvalue weighted by atomic mass is 16.3. The van der Waals surface area contributed by atoms with Crippen LogP contribution < -0.4 is 0 Å². The van der Waals surface area contributed by atoms with Gasteiger partial charge in [0, 0.05) is 0 Å². The fourth-order valence-corrected chi connectivity index (χ4v) is 5.21. The van der Waals surface area contributed by atoms with E-state index >= 15 is 0 Å². The summed E-state index contributed by atoms with van der Waals surface area (Å²) in [7, 11) is 0. The van der Waals surface area contributed by atoms with E-state index < -0.39 is 6.10 Å². The van der Waals surface area contributed by atoms with Crippen molar-refractivity contribution >= 4 is 0 Å². The van der Waals surface area contributed by atoms with Crippen LogP contribution in [0, 0.1) is 0 Å². The van der Waals surface area contributed by atoms with E-state index in [0.29, 0.717) is 0 Å². The van der Waals surface area contributed by atoms with Gasteiger partial charge in [0.1, 0.15) is 0 Å². The minimum atomic E-state index is -0.614. The summed E-state index contributed by atoms with van der Waals surface area (Å²) in [5.74, 6) is 0. The van der Waals surface area contributed by atoms with Crippen molar-refractivity contribution in [1.82, 2.24) is 0 Å². The third kappa shape index (κ3) is 6.36. The lowest BCUT2D eigenvalue weighted by atomic mass is 9.82. The highest BCUT2D eigenvalue weighted by Gasteiger charge is 2.21. The summed E-state index contributed by atoms with van der Waals surface area (Å²) in [4.78, 5) is 0. The fraction of sp³-hybridized carbons (Fsp3) is 0.368. The Balaban J connectivity index is 1.96. The van der Waals surface area contributed by atoms with Gasteiger partial charge in [-0.15, -0.1) is 0 Å². The van der Waals surface area contributed by atoms with E-state index in [1.54, 1.807) is 0 Å². The molecule has 0 aliphatic rings. The van der Waals surface area contributed by atoms with Gasteiger partial charge in [-0.25, -0.2) is 0 Å². The van der Waals surface area contributed by atoms with Crippen LogP contribution in [0.1, 0.15) is 97.6 Å². The maximum absolute atomic E-state index is 11.2. The largest absolute Gasteiger partial charge is 0.389 e. The minimum absolute atomic E-state index is 0.0856. The molecule has 1 N–H and O–H groups in total. The molecule has 0 saturated carbocycles. The Bertz CT molecular complexity index is 1340. The number of hydrogen-bond acceptors (Lipinski definition) is 1. The molecule has 0 unspecified atom stereocenters. The summed E-state index contributed by atoms with van der Waals surface area (Å²) in [5.41, 5.74) is 11.9. The van der Waals surface area contributed by atoms with Gasteiger partial charge in [-0.2, -0.15) is 0 Å². The molecular formula is C38H46O. The highest BCUT2D eigenvalue weighted by molar-refractivity contribution is 5.85. The van der Waals surface area contributed by atoms with Crippen molar-refractivity contribution < 1.29 is 5.11 Å². The molecule has 0 fully saturated rings. The minimum Gasteiger partial charge on any atom is -0.389 e. The number of aliphatic hydroxyl groups is 1. The van der Waals surface area contributed by atoms with Gasteiger partial charge in [-0.3, -0.25) is 0 Å². The zero-order valence-electron chi connectivity index (χ0n) is 25.6. The smallest absolute Gasteiger partial charge is 0.0773 e. The molecule has 1 nitrogen and oxygen atoms in total. The Labute approximate surface area is 237 Å². The molecule has 39 heavy (non-hydrogen) atoms. The van der Waals surface area contributed by atoms with Crippen molar-refractivity contribution in [3.05, 3.63) is 107 Å². The first kappa shape index (κ1) is 28.8. The van der Waals surface area contributed by atoms with E-state index in [9.17, 15) is 5.11 Å². The SMILES string of the molecule is C[C@H](O)c1c(-c2ccc(C(C)(C)C)cc2)cc(-c2ccc(C(C)(C)C)cc2)cc1-c1ccc(C(C)(C)C)cc1. The second-order valence-corrected chi connectivity index (χ2v) is 14.1. The van der Waals surface area contributed by atoms with E-state index in [0.717, 1.165) is 33.4 Å². The predicted molar refractivity (Wildman–Crippen MR) is 169 cm³/mol. The van der Waals surface area contributed by atoms with Crippen LogP contribution in [0.4, 0.5) is 0 Å². The summed E-state index contributed by atoms with van der Waals surface area (Å²) < 4.78 is 0. The average molecular weight is 519 g/mol. The van der Waals surface area contributed by atoms with Crippen molar-refractivity contribution in [3.8, 4) is 33.4 Å². The first-order valence-corrected chi connectivity index (χ1v) is 14.2. The average Bonchev–Trinajstić information content (AvgIpc) is 2.86. The van der Waals surface area contributed by atoms with Gasteiger partial charge in [-0.1, -0.05) is 135 Å². The van der Waals surface area contributed by atoms with E-state index in [1.165, 1.54) is 22.3 Å². The molecular weight excluding hydrogens is 472 g/mol. The van der Waals surface area contributed by atoms with Gasteiger partial charge in [0.25, 0.3) is 0 Å². The van der Waals surface area contributed by atoms with Crippen molar-refractivity contribution in [2.24, 2.45) is 0 Å². The van der Waals surface area contributed by atoms with Crippen molar-refractivity contribution in [2.45, 2.75) is 91.6 Å². The Hall–Kier alpha value is -3.16. The lowest BCUT2D eigenvalue weighted by Crippen LogP contribution is -2.11. The summed E-state index contributed by atoms with van der Waals surface area (Å²) in [6.07, 6.45) is -0.614. The van der Waals surface area contributed by atoms with Crippen LogP contribution in [0.25, 0.3) is 33.4 Å². The molecule has 4 aromatic rings. The fourth-order valence-electron chi connectivity index (χ4n) is 5.21. The lowest BCUT2D eigenvalue weighted by Gasteiger charge is -2.23. The highest BCUT2D eigenvalue weighted by Crippen LogP contribution is 2.41. The molecule has 1 heteroatoms. The van der Waals surface area contributed by atoms with E-state index in [1.807, 2.05) is 6.92 Å². The Morgan fingerprint density at radius 2 is 0.718 bits per heavy atom. The normalized spacial score (nSPS) is 13.4. The number of benzene rings is 4. The monoisotopic (exact) mass is 518 g/mol. The molecule has 4 rings (SSSR count). The van der Waals surface area contributed by atoms with Gasteiger partial charge in [0.15, 0.2) is 0 Å². The second kappa shape index (κ2) is 10.4. The second-order valence-electron chi connectivity index (χ2n) is 14.1. The van der Waals surface area contributed by atoms with Gasteiger partial charge >= 0.3 is 0 Å². The van der Waals surface area contributed by atoms with E-state index in [4.69, 9.17) is 0 Å². The van der Waals surface area contributed by atoms with Crippen LogP contribution in [0.15, 0.2) is 84.9 Å². The topological polar surface area (TPSA) is 20.2 Å². The first-order valence-electron chi connectivity index (χ1n) is 14.2. The van der Waals surface area contributed by atoms with Crippen molar-refractivity contribution in [2.75, 3.05) is 0 Å². The molecule has 4 aromatic carbocycles. The zero-order chi connectivity index (χ0) is 28.8. The van der Waals surface area contributed by atoms with Crippen LogP contribution in [0.3, 0.4) is 0 Å².